The summed E-state index contributed by atoms with van der Waals surface area (Å²) in [5.74, 6) is -0.440. The number of rotatable bonds is 8. The lowest BCUT2D eigenvalue weighted by atomic mass is 10.1. The third-order valence-corrected chi connectivity index (χ3v) is 5.93. The fraction of sp³-hybridized carbons (Fsp3) is 0.364. The molecule has 7 heteroatoms. The SMILES string of the molecule is CCN(CC)C(CNC(=O)c1c(C)nn(-c2ccc(F)cc2)c1C)c1ccsc1. The molecule has 5 nitrogen and oxygen atoms in total. The Morgan fingerprint density at radius 1 is 1.21 bits per heavy atom. The highest BCUT2D eigenvalue weighted by Gasteiger charge is 2.23. The van der Waals surface area contributed by atoms with Crippen LogP contribution in [0.5, 0.6) is 0 Å². The normalized spacial score (nSPS) is 12.3. The first-order chi connectivity index (χ1) is 14.0. The molecule has 0 saturated heterocycles. The van der Waals surface area contributed by atoms with Crippen molar-refractivity contribution in [3.63, 3.8) is 0 Å². The number of nitrogens with zero attached hydrogens (tertiary/aromatic N) is 3. The van der Waals surface area contributed by atoms with E-state index in [4.69, 9.17) is 0 Å². The second-order valence-electron chi connectivity index (χ2n) is 6.94. The Morgan fingerprint density at radius 2 is 1.90 bits per heavy atom. The van der Waals surface area contributed by atoms with E-state index in [1.807, 2.05) is 13.8 Å². The molecule has 0 aliphatic carbocycles. The molecule has 154 valence electrons. The van der Waals surface area contributed by atoms with Crippen LogP contribution in [-0.2, 0) is 0 Å². The lowest BCUT2D eigenvalue weighted by Gasteiger charge is -2.29. The zero-order valence-corrected chi connectivity index (χ0v) is 18.1. The first-order valence-electron chi connectivity index (χ1n) is 9.82. The maximum atomic E-state index is 13.2. The van der Waals surface area contributed by atoms with Crippen molar-refractivity contribution in [1.29, 1.82) is 0 Å². The first kappa shape index (κ1) is 21.2. The number of hydrogen-bond acceptors (Lipinski definition) is 4. The molecule has 29 heavy (non-hydrogen) atoms. The fourth-order valence-corrected chi connectivity index (χ4v) is 4.38. The molecule has 0 radical (unpaired) electrons. The average Bonchev–Trinajstić information content (AvgIpc) is 3.34. The van der Waals surface area contributed by atoms with Gasteiger partial charge in [-0.1, -0.05) is 13.8 Å². The summed E-state index contributed by atoms with van der Waals surface area (Å²) in [6, 6.07) is 8.34. The number of aromatic nitrogens is 2. The highest BCUT2D eigenvalue weighted by atomic mass is 32.1. The van der Waals surface area contributed by atoms with Crippen LogP contribution in [0.15, 0.2) is 41.1 Å². The van der Waals surface area contributed by atoms with Crippen LogP contribution >= 0.6 is 11.3 Å². The summed E-state index contributed by atoms with van der Waals surface area (Å²) in [6.45, 7) is 10.3. The van der Waals surface area contributed by atoms with Crippen molar-refractivity contribution in [1.82, 2.24) is 20.0 Å². The number of nitrogens with one attached hydrogen (secondary N) is 1. The van der Waals surface area contributed by atoms with Crippen molar-refractivity contribution in [2.45, 2.75) is 33.7 Å². The molecule has 1 amide bonds. The van der Waals surface area contributed by atoms with Gasteiger partial charge < -0.3 is 5.32 Å². The largest absolute Gasteiger partial charge is 0.350 e. The molecule has 0 spiro atoms. The quantitative estimate of drug-likeness (QED) is 0.590. The predicted octanol–water partition coefficient (Wildman–Crippen LogP) is 4.50. The predicted molar refractivity (Wildman–Crippen MR) is 115 cm³/mol. The second kappa shape index (κ2) is 9.33. The van der Waals surface area contributed by atoms with Gasteiger partial charge in [0.15, 0.2) is 0 Å². The van der Waals surface area contributed by atoms with Gasteiger partial charge in [0, 0.05) is 6.54 Å². The van der Waals surface area contributed by atoms with Crippen molar-refractivity contribution in [3.8, 4) is 5.69 Å². The van der Waals surface area contributed by atoms with Crippen LogP contribution in [0.4, 0.5) is 4.39 Å². The van der Waals surface area contributed by atoms with Crippen molar-refractivity contribution >= 4 is 17.2 Å². The summed E-state index contributed by atoms with van der Waals surface area (Å²) >= 11 is 1.66. The molecule has 3 aromatic rings. The van der Waals surface area contributed by atoms with Crippen LogP contribution < -0.4 is 5.32 Å². The number of likely N-dealkylation sites (N-methyl/N-ethyl adjacent to an activating group) is 1. The average molecular weight is 415 g/mol. The molecule has 0 aliphatic rings. The molecule has 1 N–H and O–H groups in total. The third kappa shape index (κ3) is 4.57. The van der Waals surface area contributed by atoms with Crippen LogP contribution in [0.2, 0.25) is 0 Å². The molecule has 2 heterocycles. The first-order valence-corrected chi connectivity index (χ1v) is 10.8. The highest BCUT2D eigenvalue weighted by molar-refractivity contribution is 7.07. The molecular formula is C22H27FN4OS. The van der Waals surface area contributed by atoms with Gasteiger partial charge in [0.2, 0.25) is 0 Å². The van der Waals surface area contributed by atoms with Gasteiger partial charge in [0.25, 0.3) is 5.91 Å². The minimum atomic E-state index is -0.302. The van der Waals surface area contributed by atoms with Crippen LogP contribution in [0, 0.1) is 19.7 Å². The number of amides is 1. The van der Waals surface area contributed by atoms with E-state index in [9.17, 15) is 9.18 Å². The van der Waals surface area contributed by atoms with Crippen molar-refractivity contribution in [3.05, 3.63) is 69.4 Å². The standard InChI is InChI=1S/C22H27FN4OS/c1-5-26(6-2)20(17-11-12-29-14-17)13-24-22(28)21-15(3)25-27(16(21)4)19-9-7-18(23)8-10-19/h7-12,14,20H,5-6,13H2,1-4H3,(H,24,28). The van der Waals surface area contributed by atoms with Gasteiger partial charge in [-0.3, -0.25) is 9.69 Å². The van der Waals surface area contributed by atoms with Crippen LogP contribution in [0.1, 0.15) is 47.2 Å². The zero-order chi connectivity index (χ0) is 21.0. The molecule has 0 fully saturated rings. The van der Waals surface area contributed by atoms with E-state index < -0.39 is 0 Å². The number of benzene rings is 1. The minimum absolute atomic E-state index is 0.132. The molecular weight excluding hydrogens is 387 g/mol. The summed E-state index contributed by atoms with van der Waals surface area (Å²) < 4.78 is 14.9. The van der Waals surface area contributed by atoms with E-state index in [0.717, 1.165) is 24.5 Å². The molecule has 2 aromatic heterocycles. The van der Waals surface area contributed by atoms with Gasteiger partial charge in [0.05, 0.1) is 28.7 Å². The van der Waals surface area contributed by atoms with Gasteiger partial charge in [0.1, 0.15) is 5.82 Å². The number of aryl methyl sites for hydroxylation is 1. The smallest absolute Gasteiger partial charge is 0.255 e. The summed E-state index contributed by atoms with van der Waals surface area (Å²) in [7, 11) is 0. The molecule has 0 bridgehead atoms. The molecule has 3 rings (SSSR count). The van der Waals surface area contributed by atoms with Crippen LogP contribution in [-0.4, -0.2) is 40.2 Å². The van der Waals surface area contributed by atoms with Crippen molar-refractivity contribution < 1.29 is 9.18 Å². The fourth-order valence-electron chi connectivity index (χ4n) is 3.67. The Kier molecular flexibility index (Phi) is 6.82. The second-order valence-corrected chi connectivity index (χ2v) is 7.72. The summed E-state index contributed by atoms with van der Waals surface area (Å²) in [5, 5.41) is 11.8. The Balaban J connectivity index is 1.80. The lowest BCUT2D eigenvalue weighted by Crippen LogP contribution is -2.38. The summed E-state index contributed by atoms with van der Waals surface area (Å²) in [6.07, 6.45) is 0. The molecule has 1 unspecified atom stereocenters. The monoisotopic (exact) mass is 414 g/mol. The summed E-state index contributed by atoms with van der Waals surface area (Å²) in [4.78, 5) is 15.4. The Morgan fingerprint density at radius 3 is 2.48 bits per heavy atom. The van der Waals surface area contributed by atoms with Gasteiger partial charge in [-0.05, 0) is 73.6 Å². The minimum Gasteiger partial charge on any atom is -0.350 e. The topological polar surface area (TPSA) is 50.2 Å². The van der Waals surface area contributed by atoms with E-state index in [1.165, 1.54) is 17.7 Å². The van der Waals surface area contributed by atoms with Crippen LogP contribution in [0.3, 0.4) is 0 Å². The lowest BCUT2D eigenvalue weighted by molar-refractivity contribution is 0.0934. The maximum Gasteiger partial charge on any atom is 0.255 e. The number of carbonyl (C=O) groups is 1. The number of halogens is 1. The summed E-state index contributed by atoms with van der Waals surface area (Å²) in [5.41, 5.74) is 3.90. The number of carbonyl (C=O) groups excluding carboxylic acids is 1. The van der Waals surface area contributed by atoms with E-state index in [0.29, 0.717) is 17.8 Å². The van der Waals surface area contributed by atoms with Gasteiger partial charge >= 0.3 is 0 Å². The molecule has 0 aliphatic heterocycles. The Bertz CT molecular complexity index is 946. The molecule has 0 saturated carbocycles. The number of hydrogen-bond donors (Lipinski definition) is 1. The van der Waals surface area contributed by atoms with E-state index in [2.05, 4.69) is 46.0 Å². The van der Waals surface area contributed by atoms with E-state index in [1.54, 1.807) is 28.2 Å². The highest BCUT2D eigenvalue weighted by Crippen LogP contribution is 2.23. The molecule has 1 atom stereocenters. The third-order valence-electron chi connectivity index (χ3n) is 5.23. The Hall–Kier alpha value is -2.51. The maximum absolute atomic E-state index is 13.2. The Labute approximate surface area is 175 Å². The van der Waals surface area contributed by atoms with Crippen LogP contribution in [0.25, 0.3) is 5.69 Å². The molecule has 1 aromatic carbocycles. The van der Waals surface area contributed by atoms with Gasteiger partial charge in [-0.2, -0.15) is 16.4 Å². The zero-order valence-electron chi connectivity index (χ0n) is 17.3. The van der Waals surface area contributed by atoms with E-state index in [-0.39, 0.29) is 17.8 Å². The van der Waals surface area contributed by atoms with Gasteiger partial charge in [-0.15, -0.1) is 0 Å². The number of thiophene rings is 1. The van der Waals surface area contributed by atoms with Gasteiger partial charge in [-0.25, -0.2) is 9.07 Å². The van der Waals surface area contributed by atoms with Crippen molar-refractivity contribution in [2.24, 2.45) is 0 Å². The van der Waals surface area contributed by atoms with Crippen molar-refractivity contribution in [2.75, 3.05) is 19.6 Å². The van der Waals surface area contributed by atoms with E-state index >= 15 is 0 Å².